The van der Waals surface area contributed by atoms with Crippen LogP contribution in [0.4, 0.5) is 0 Å². The lowest BCUT2D eigenvalue weighted by molar-refractivity contribution is 0.0448. The van der Waals surface area contributed by atoms with Gasteiger partial charge in [0.05, 0.1) is 24.7 Å². The minimum Gasteiger partial charge on any atom is -0.379 e. The molecule has 0 aliphatic carbocycles. The Hall–Kier alpha value is -2.62. The normalized spacial score (nSPS) is 16.4. The van der Waals surface area contributed by atoms with E-state index in [0.717, 1.165) is 29.7 Å². The molecule has 2 heterocycles. The van der Waals surface area contributed by atoms with E-state index >= 15 is 0 Å². The molecule has 0 radical (unpaired) electrons. The van der Waals surface area contributed by atoms with Crippen LogP contribution in [0.2, 0.25) is 0 Å². The molecule has 3 aromatic rings. The summed E-state index contributed by atoms with van der Waals surface area (Å²) in [6, 6.07) is 14.3. The maximum atomic E-state index is 12.8. The number of fused-ring (bicyclic) bond motifs is 1. The molecule has 9 heteroatoms. The smallest absolute Gasteiger partial charge is 0.198 e. The number of sulfone groups is 1. The van der Waals surface area contributed by atoms with Crippen molar-refractivity contribution < 1.29 is 13.2 Å². The molecular formula is C20H23N5O3S. The van der Waals surface area contributed by atoms with Crippen LogP contribution in [0.25, 0.3) is 11.0 Å². The van der Waals surface area contributed by atoms with E-state index in [4.69, 9.17) is 4.74 Å². The summed E-state index contributed by atoms with van der Waals surface area (Å²) in [5, 5.41) is 8.97. The van der Waals surface area contributed by atoms with Crippen LogP contribution in [-0.4, -0.2) is 72.9 Å². The number of rotatable bonds is 5. The largest absolute Gasteiger partial charge is 0.379 e. The lowest BCUT2D eigenvalue weighted by Crippen LogP contribution is -2.41. The summed E-state index contributed by atoms with van der Waals surface area (Å²) in [4.78, 5) is 8.31. The SMILES string of the molecule is Cc1ccc(S(=O)(=O)C/N=C(/CN2CCOCC2)n2nc3ccccc3n2)cc1. The summed E-state index contributed by atoms with van der Waals surface area (Å²) in [6.07, 6.45) is 0. The van der Waals surface area contributed by atoms with Crippen molar-refractivity contribution in [3.05, 3.63) is 54.1 Å². The summed E-state index contributed by atoms with van der Waals surface area (Å²) >= 11 is 0. The van der Waals surface area contributed by atoms with Crippen molar-refractivity contribution in [1.82, 2.24) is 19.9 Å². The predicted molar refractivity (Wildman–Crippen MR) is 111 cm³/mol. The standard InChI is InChI=1S/C20H23N5O3S/c1-16-6-8-17(9-7-16)29(26,27)15-21-20(14-24-10-12-28-13-11-24)25-22-18-4-2-3-5-19(18)23-25/h2-9H,10-15H2,1H3/b21-20-. The number of nitrogens with zero attached hydrogens (tertiary/aromatic N) is 5. The Labute approximate surface area is 169 Å². The molecule has 0 unspecified atom stereocenters. The summed E-state index contributed by atoms with van der Waals surface area (Å²) in [5.74, 6) is 0.145. The predicted octanol–water partition coefficient (Wildman–Crippen LogP) is 1.75. The van der Waals surface area contributed by atoms with Crippen molar-refractivity contribution in [1.29, 1.82) is 0 Å². The van der Waals surface area contributed by atoms with Crippen LogP contribution in [0.3, 0.4) is 0 Å². The molecule has 29 heavy (non-hydrogen) atoms. The fourth-order valence-corrected chi connectivity index (χ4v) is 4.11. The van der Waals surface area contributed by atoms with Gasteiger partial charge in [-0.1, -0.05) is 29.8 Å². The van der Waals surface area contributed by atoms with E-state index in [9.17, 15) is 8.42 Å². The Kier molecular flexibility index (Phi) is 5.70. The topological polar surface area (TPSA) is 89.7 Å². The van der Waals surface area contributed by atoms with Crippen molar-refractivity contribution >= 4 is 26.7 Å². The number of benzene rings is 2. The zero-order chi connectivity index (χ0) is 20.3. The van der Waals surface area contributed by atoms with Gasteiger partial charge in [0.15, 0.2) is 15.7 Å². The molecule has 152 valence electrons. The first-order chi connectivity index (χ1) is 14.0. The van der Waals surface area contributed by atoms with Crippen molar-refractivity contribution in [2.75, 3.05) is 38.7 Å². The van der Waals surface area contributed by atoms with Crippen LogP contribution in [-0.2, 0) is 14.6 Å². The second-order valence-corrected chi connectivity index (χ2v) is 8.96. The Bertz CT molecular complexity index is 1080. The highest BCUT2D eigenvalue weighted by molar-refractivity contribution is 7.91. The highest BCUT2D eigenvalue weighted by Gasteiger charge is 2.19. The lowest BCUT2D eigenvalue weighted by Gasteiger charge is -2.26. The van der Waals surface area contributed by atoms with Gasteiger partial charge in [0.2, 0.25) is 0 Å². The Morgan fingerprint density at radius 2 is 1.66 bits per heavy atom. The molecule has 0 atom stereocenters. The van der Waals surface area contributed by atoms with Gasteiger partial charge in [-0.15, -0.1) is 15.0 Å². The van der Waals surface area contributed by atoms with E-state index in [0.29, 0.717) is 25.6 Å². The molecule has 1 aliphatic heterocycles. The first kappa shape index (κ1) is 19.7. The quantitative estimate of drug-likeness (QED) is 0.468. The molecule has 0 amide bonds. The van der Waals surface area contributed by atoms with Gasteiger partial charge in [-0.3, -0.25) is 9.89 Å². The Balaban J connectivity index is 1.64. The third-order valence-electron chi connectivity index (χ3n) is 4.78. The van der Waals surface area contributed by atoms with Gasteiger partial charge in [0.1, 0.15) is 16.9 Å². The zero-order valence-electron chi connectivity index (χ0n) is 16.2. The molecular weight excluding hydrogens is 390 g/mol. The van der Waals surface area contributed by atoms with Gasteiger partial charge in [-0.05, 0) is 31.2 Å². The van der Waals surface area contributed by atoms with Gasteiger partial charge in [-0.2, -0.15) is 0 Å². The fourth-order valence-electron chi connectivity index (χ4n) is 3.09. The first-order valence-corrected chi connectivity index (χ1v) is 11.1. The third-order valence-corrected chi connectivity index (χ3v) is 6.24. The van der Waals surface area contributed by atoms with E-state index in [2.05, 4.69) is 20.1 Å². The van der Waals surface area contributed by atoms with Crippen molar-refractivity contribution in [3.63, 3.8) is 0 Å². The van der Waals surface area contributed by atoms with Crippen molar-refractivity contribution in [2.45, 2.75) is 11.8 Å². The van der Waals surface area contributed by atoms with E-state index in [-0.39, 0.29) is 10.8 Å². The minimum atomic E-state index is -3.55. The molecule has 1 saturated heterocycles. The molecule has 4 rings (SSSR count). The maximum Gasteiger partial charge on any atom is 0.198 e. The molecule has 0 spiro atoms. The fraction of sp³-hybridized carbons (Fsp3) is 0.350. The number of aromatic nitrogens is 3. The summed E-state index contributed by atoms with van der Waals surface area (Å²) < 4.78 is 30.9. The molecule has 0 saturated carbocycles. The van der Waals surface area contributed by atoms with Crippen LogP contribution in [0.5, 0.6) is 0 Å². The minimum absolute atomic E-state index is 0.260. The average Bonchev–Trinajstić information content (AvgIpc) is 3.16. The van der Waals surface area contributed by atoms with Crippen LogP contribution < -0.4 is 0 Å². The Morgan fingerprint density at radius 3 is 2.28 bits per heavy atom. The lowest BCUT2D eigenvalue weighted by atomic mass is 10.2. The number of aliphatic imine (C=N–C) groups is 1. The van der Waals surface area contributed by atoms with Crippen LogP contribution in [0.1, 0.15) is 5.56 Å². The van der Waals surface area contributed by atoms with Crippen LogP contribution >= 0.6 is 0 Å². The first-order valence-electron chi connectivity index (χ1n) is 9.47. The van der Waals surface area contributed by atoms with E-state index < -0.39 is 9.84 Å². The molecule has 1 aliphatic rings. The highest BCUT2D eigenvalue weighted by atomic mass is 32.2. The molecule has 8 nitrogen and oxygen atoms in total. The number of hydrogen-bond acceptors (Lipinski definition) is 7. The van der Waals surface area contributed by atoms with Crippen LogP contribution in [0.15, 0.2) is 58.4 Å². The Morgan fingerprint density at radius 1 is 1.03 bits per heavy atom. The number of hydrogen-bond donors (Lipinski definition) is 0. The molecule has 0 N–H and O–H groups in total. The van der Waals surface area contributed by atoms with E-state index in [1.165, 1.54) is 4.80 Å². The summed E-state index contributed by atoms with van der Waals surface area (Å²) in [7, 11) is -3.55. The number of morpholine rings is 1. The molecule has 2 aromatic carbocycles. The van der Waals surface area contributed by atoms with Crippen molar-refractivity contribution in [3.8, 4) is 0 Å². The van der Waals surface area contributed by atoms with Gasteiger partial charge in [0.25, 0.3) is 0 Å². The number of ether oxygens (including phenoxy) is 1. The third kappa shape index (κ3) is 4.69. The molecule has 1 fully saturated rings. The van der Waals surface area contributed by atoms with Gasteiger partial charge in [-0.25, -0.2) is 8.42 Å². The highest BCUT2D eigenvalue weighted by Crippen LogP contribution is 2.13. The monoisotopic (exact) mass is 413 g/mol. The summed E-state index contributed by atoms with van der Waals surface area (Å²) in [5.41, 5.74) is 2.49. The van der Waals surface area contributed by atoms with E-state index in [1.54, 1.807) is 24.3 Å². The zero-order valence-corrected chi connectivity index (χ0v) is 17.0. The second kappa shape index (κ2) is 8.40. The van der Waals surface area contributed by atoms with E-state index in [1.807, 2.05) is 31.2 Å². The molecule has 1 aromatic heterocycles. The second-order valence-electron chi connectivity index (χ2n) is 7.00. The molecule has 0 bridgehead atoms. The van der Waals surface area contributed by atoms with Gasteiger partial charge in [0, 0.05) is 13.1 Å². The maximum absolute atomic E-state index is 12.8. The van der Waals surface area contributed by atoms with Gasteiger partial charge >= 0.3 is 0 Å². The van der Waals surface area contributed by atoms with Gasteiger partial charge < -0.3 is 4.74 Å². The van der Waals surface area contributed by atoms with Crippen LogP contribution in [0, 0.1) is 6.92 Å². The summed E-state index contributed by atoms with van der Waals surface area (Å²) in [6.45, 7) is 5.17. The number of aryl methyl sites for hydroxylation is 1. The average molecular weight is 414 g/mol. The van der Waals surface area contributed by atoms with Crippen molar-refractivity contribution in [2.24, 2.45) is 4.99 Å².